The molecular weight excluding hydrogens is 338 g/mol. The maximum Gasteiger partial charge on any atom is 0.250 e. The van der Waals surface area contributed by atoms with Crippen LogP contribution in [0.4, 0.5) is 0 Å². The molecule has 3 rings (SSSR count). The van der Waals surface area contributed by atoms with Crippen molar-refractivity contribution >= 4 is 44.9 Å². The summed E-state index contributed by atoms with van der Waals surface area (Å²) in [5.41, 5.74) is 5.47. The molecule has 122 valence electrons. The third-order valence-corrected chi connectivity index (χ3v) is 5.50. The van der Waals surface area contributed by atoms with Gasteiger partial charge in [-0.15, -0.1) is 23.1 Å². The molecule has 4 nitrogen and oxygen atoms in total. The van der Waals surface area contributed by atoms with E-state index in [1.54, 1.807) is 11.3 Å². The molecule has 0 aliphatic heterocycles. The molecule has 0 radical (unpaired) electrons. The number of hydrazone groups is 1. The van der Waals surface area contributed by atoms with Gasteiger partial charge in [-0.25, -0.2) is 10.4 Å². The zero-order chi connectivity index (χ0) is 16.9. The molecule has 0 aliphatic rings. The van der Waals surface area contributed by atoms with E-state index in [-0.39, 0.29) is 5.91 Å². The second kappa shape index (κ2) is 7.59. The highest BCUT2D eigenvalue weighted by molar-refractivity contribution is 8.00. The molecule has 0 fully saturated rings. The minimum absolute atomic E-state index is 0.124. The number of aryl methyl sites for hydroxylation is 1. The first-order valence-electron chi connectivity index (χ1n) is 7.50. The van der Waals surface area contributed by atoms with Crippen LogP contribution in [-0.4, -0.2) is 22.4 Å². The van der Waals surface area contributed by atoms with Crippen molar-refractivity contribution in [2.45, 2.75) is 18.7 Å². The molecule has 0 saturated heterocycles. The van der Waals surface area contributed by atoms with Crippen molar-refractivity contribution in [3.05, 3.63) is 59.1 Å². The van der Waals surface area contributed by atoms with E-state index in [2.05, 4.69) is 15.5 Å². The van der Waals surface area contributed by atoms with Crippen LogP contribution >= 0.6 is 23.1 Å². The van der Waals surface area contributed by atoms with Gasteiger partial charge < -0.3 is 0 Å². The number of carbonyl (C=O) groups excluding carboxylic acids is 1. The minimum Gasteiger partial charge on any atom is -0.272 e. The second-order valence-corrected chi connectivity index (χ2v) is 7.40. The molecular formula is C18H17N3OS2. The van der Waals surface area contributed by atoms with Crippen molar-refractivity contribution < 1.29 is 4.79 Å². The zero-order valence-electron chi connectivity index (χ0n) is 13.4. The van der Waals surface area contributed by atoms with Crippen LogP contribution in [0, 0.1) is 6.92 Å². The third-order valence-electron chi connectivity index (χ3n) is 3.34. The Morgan fingerprint density at radius 1 is 1.21 bits per heavy atom. The number of rotatable bonds is 5. The normalized spacial score (nSPS) is 11.7. The standard InChI is InChI=1S/C18H17N3OS2/c1-12-7-9-14(10-8-12)23-11-17(22)21-20-13(2)18-19-15-5-3-4-6-16(15)24-18/h3-10H,11H2,1-2H3,(H,21,22)/b20-13-. The maximum atomic E-state index is 11.9. The number of carbonyl (C=O) groups is 1. The Bertz CT molecular complexity index is 852. The Morgan fingerprint density at radius 2 is 1.96 bits per heavy atom. The number of nitrogens with one attached hydrogen (secondary N) is 1. The second-order valence-electron chi connectivity index (χ2n) is 5.32. The number of fused-ring (bicyclic) bond motifs is 1. The molecule has 0 saturated carbocycles. The molecule has 6 heteroatoms. The van der Waals surface area contributed by atoms with Gasteiger partial charge in [-0.1, -0.05) is 29.8 Å². The molecule has 2 aromatic carbocycles. The number of aromatic nitrogens is 1. The van der Waals surface area contributed by atoms with Crippen molar-refractivity contribution in [3.8, 4) is 0 Å². The van der Waals surface area contributed by atoms with Crippen LogP contribution in [0.15, 0.2) is 58.5 Å². The Labute approximate surface area is 149 Å². The lowest BCUT2D eigenvalue weighted by Crippen LogP contribution is -2.21. The molecule has 1 N–H and O–H groups in total. The van der Waals surface area contributed by atoms with Gasteiger partial charge >= 0.3 is 0 Å². The summed E-state index contributed by atoms with van der Waals surface area (Å²) in [6.07, 6.45) is 0. The highest BCUT2D eigenvalue weighted by atomic mass is 32.2. The Balaban J connectivity index is 1.57. The van der Waals surface area contributed by atoms with E-state index in [4.69, 9.17) is 0 Å². The van der Waals surface area contributed by atoms with Crippen LogP contribution in [0.3, 0.4) is 0 Å². The molecule has 0 bridgehead atoms. The Morgan fingerprint density at radius 3 is 2.71 bits per heavy atom. The lowest BCUT2D eigenvalue weighted by atomic mass is 10.2. The predicted molar refractivity (Wildman–Crippen MR) is 102 cm³/mol. The summed E-state index contributed by atoms with van der Waals surface area (Å²) in [7, 11) is 0. The van der Waals surface area contributed by atoms with Gasteiger partial charge in [0, 0.05) is 4.90 Å². The molecule has 1 heterocycles. The fraction of sp³-hybridized carbons (Fsp3) is 0.167. The number of benzene rings is 2. The van der Waals surface area contributed by atoms with Crippen LogP contribution in [0.2, 0.25) is 0 Å². The fourth-order valence-electron chi connectivity index (χ4n) is 2.04. The van der Waals surface area contributed by atoms with E-state index < -0.39 is 0 Å². The number of thioether (sulfide) groups is 1. The van der Waals surface area contributed by atoms with Crippen molar-refractivity contribution in [2.24, 2.45) is 5.10 Å². The van der Waals surface area contributed by atoms with Crippen molar-refractivity contribution in [1.82, 2.24) is 10.4 Å². The average molecular weight is 355 g/mol. The maximum absolute atomic E-state index is 11.9. The molecule has 3 aromatic rings. The van der Waals surface area contributed by atoms with Crippen molar-refractivity contribution in [2.75, 3.05) is 5.75 Å². The van der Waals surface area contributed by atoms with Gasteiger partial charge in [0.1, 0.15) is 5.01 Å². The Hall–Kier alpha value is -2.18. The highest BCUT2D eigenvalue weighted by Gasteiger charge is 2.07. The molecule has 24 heavy (non-hydrogen) atoms. The summed E-state index contributed by atoms with van der Waals surface area (Å²) in [6, 6.07) is 16.1. The topological polar surface area (TPSA) is 54.4 Å². The van der Waals surface area contributed by atoms with Crippen LogP contribution in [0.1, 0.15) is 17.5 Å². The SMILES string of the molecule is C/C(=N/NC(=O)CSc1ccc(C)cc1)c1nc2ccccc2s1. The first kappa shape index (κ1) is 16.7. The summed E-state index contributed by atoms with van der Waals surface area (Å²) in [6.45, 7) is 3.89. The first-order chi connectivity index (χ1) is 11.6. The van der Waals surface area contributed by atoms with Crippen molar-refractivity contribution in [3.63, 3.8) is 0 Å². The number of nitrogens with zero attached hydrogens (tertiary/aromatic N) is 2. The highest BCUT2D eigenvalue weighted by Crippen LogP contribution is 2.22. The number of hydrogen-bond acceptors (Lipinski definition) is 5. The monoisotopic (exact) mass is 355 g/mol. The largest absolute Gasteiger partial charge is 0.272 e. The number of para-hydroxylation sites is 1. The summed E-state index contributed by atoms with van der Waals surface area (Å²) in [4.78, 5) is 17.5. The van der Waals surface area contributed by atoms with Gasteiger partial charge in [0.2, 0.25) is 5.91 Å². The summed E-state index contributed by atoms with van der Waals surface area (Å²) < 4.78 is 1.11. The third kappa shape index (κ3) is 4.21. The molecule has 0 unspecified atom stereocenters. The van der Waals surface area contributed by atoms with Gasteiger partial charge in [0.25, 0.3) is 0 Å². The van der Waals surface area contributed by atoms with E-state index >= 15 is 0 Å². The summed E-state index contributed by atoms with van der Waals surface area (Å²) in [5.74, 6) is 0.209. The van der Waals surface area contributed by atoms with Crippen LogP contribution in [-0.2, 0) is 4.79 Å². The molecule has 0 spiro atoms. The zero-order valence-corrected chi connectivity index (χ0v) is 15.1. The number of amides is 1. The molecule has 1 amide bonds. The van der Waals surface area contributed by atoms with E-state index in [0.29, 0.717) is 11.5 Å². The first-order valence-corrected chi connectivity index (χ1v) is 9.30. The van der Waals surface area contributed by atoms with Crippen LogP contribution in [0.5, 0.6) is 0 Å². The molecule has 0 aliphatic carbocycles. The van der Waals surface area contributed by atoms with Gasteiger partial charge in [0.15, 0.2) is 0 Å². The van der Waals surface area contributed by atoms with Gasteiger partial charge in [-0.3, -0.25) is 4.79 Å². The lowest BCUT2D eigenvalue weighted by Gasteiger charge is -2.02. The van der Waals surface area contributed by atoms with E-state index in [1.165, 1.54) is 17.3 Å². The quantitative estimate of drug-likeness (QED) is 0.423. The van der Waals surface area contributed by atoms with Crippen molar-refractivity contribution in [1.29, 1.82) is 0 Å². The Kier molecular flexibility index (Phi) is 5.27. The van der Waals surface area contributed by atoms with Gasteiger partial charge in [-0.05, 0) is 38.1 Å². The number of thiazole rings is 1. The summed E-state index contributed by atoms with van der Waals surface area (Å²) >= 11 is 3.06. The smallest absolute Gasteiger partial charge is 0.250 e. The fourth-order valence-corrected chi connectivity index (χ4v) is 3.64. The van der Waals surface area contributed by atoms with Crippen LogP contribution < -0.4 is 5.43 Å². The predicted octanol–water partition coefficient (Wildman–Crippen LogP) is 4.24. The van der Waals surface area contributed by atoms with Crippen LogP contribution in [0.25, 0.3) is 10.2 Å². The van der Waals surface area contributed by atoms with Gasteiger partial charge in [-0.2, -0.15) is 5.10 Å². The summed E-state index contributed by atoms with van der Waals surface area (Å²) in [5, 5.41) is 4.99. The minimum atomic E-state index is -0.124. The average Bonchev–Trinajstić information content (AvgIpc) is 3.03. The van der Waals surface area contributed by atoms with E-state index in [0.717, 1.165) is 20.1 Å². The van der Waals surface area contributed by atoms with Gasteiger partial charge in [0.05, 0.1) is 21.7 Å². The molecule has 1 aromatic heterocycles. The number of hydrogen-bond donors (Lipinski definition) is 1. The van der Waals surface area contributed by atoms with E-state index in [9.17, 15) is 4.79 Å². The lowest BCUT2D eigenvalue weighted by molar-refractivity contribution is -0.118. The van der Waals surface area contributed by atoms with E-state index in [1.807, 2.05) is 62.4 Å². The molecule has 0 atom stereocenters.